The van der Waals surface area contributed by atoms with Crippen molar-refractivity contribution in [3.05, 3.63) is 34.1 Å². The molecule has 0 unspecified atom stereocenters. The van der Waals surface area contributed by atoms with Crippen molar-refractivity contribution in [3.63, 3.8) is 0 Å². The minimum absolute atomic E-state index is 0.126. The van der Waals surface area contributed by atoms with Crippen LogP contribution in [0.1, 0.15) is 24.0 Å². The molecule has 1 fully saturated rings. The summed E-state index contributed by atoms with van der Waals surface area (Å²) in [6.07, 6.45) is 2.70. The summed E-state index contributed by atoms with van der Waals surface area (Å²) < 4.78 is 18.6. The molecule has 1 aromatic rings. The van der Waals surface area contributed by atoms with Crippen molar-refractivity contribution in [2.45, 2.75) is 31.4 Å². The molecular weight excluding hydrogens is 229 g/mol. The maximum Gasteiger partial charge on any atom is 0.130 e. The van der Waals surface area contributed by atoms with Crippen LogP contribution < -0.4 is 5.73 Å². The van der Waals surface area contributed by atoms with Gasteiger partial charge in [-0.2, -0.15) is 0 Å². The van der Waals surface area contributed by atoms with Crippen LogP contribution in [0.3, 0.4) is 0 Å². The normalized spacial score (nSPS) is 17.5. The Bertz CT molecular complexity index is 381. The van der Waals surface area contributed by atoms with Crippen LogP contribution in [0.25, 0.3) is 0 Å². The van der Waals surface area contributed by atoms with Crippen LogP contribution in [-0.2, 0) is 17.8 Å². The minimum Gasteiger partial charge on any atom is -0.380 e. The Kier molecular flexibility index (Phi) is 3.19. The Morgan fingerprint density at radius 2 is 2.19 bits per heavy atom. The van der Waals surface area contributed by atoms with Gasteiger partial charge in [0.25, 0.3) is 0 Å². The van der Waals surface area contributed by atoms with Crippen LogP contribution in [0.5, 0.6) is 0 Å². The molecule has 0 saturated heterocycles. The highest BCUT2D eigenvalue weighted by Gasteiger charge is 2.38. The van der Waals surface area contributed by atoms with Crippen molar-refractivity contribution >= 4 is 11.6 Å². The molecule has 1 aromatic carbocycles. The largest absolute Gasteiger partial charge is 0.380 e. The number of hydrogen-bond acceptors (Lipinski definition) is 2. The topological polar surface area (TPSA) is 35.2 Å². The summed E-state index contributed by atoms with van der Waals surface area (Å²) in [5, 5.41) is 0.418. The second-order valence-corrected chi connectivity index (χ2v) is 4.92. The molecule has 1 aliphatic rings. The molecule has 2 nitrogen and oxygen atoms in total. The average Bonchev–Trinajstić information content (AvgIpc) is 2.90. The van der Waals surface area contributed by atoms with Crippen LogP contribution in [0.2, 0.25) is 5.02 Å². The number of methoxy groups -OCH3 is 1. The highest BCUT2D eigenvalue weighted by molar-refractivity contribution is 6.31. The Morgan fingerprint density at radius 3 is 2.69 bits per heavy atom. The number of benzene rings is 1. The maximum atomic E-state index is 13.7. The molecule has 0 atom stereocenters. The smallest absolute Gasteiger partial charge is 0.130 e. The number of halogens is 2. The van der Waals surface area contributed by atoms with Gasteiger partial charge in [-0.25, -0.2) is 4.39 Å². The molecule has 2 N–H and O–H groups in total. The van der Waals surface area contributed by atoms with Crippen molar-refractivity contribution < 1.29 is 9.13 Å². The predicted molar refractivity (Wildman–Crippen MR) is 62.0 cm³/mol. The lowest BCUT2D eigenvalue weighted by atomic mass is 10.0. The summed E-state index contributed by atoms with van der Waals surface area (Å²) in [4.78, 5) is 0. The molecule has 0 aliphatic heterocycles. The van der Waals surface area contributed by atoms with Gasteiger partial charge in [0.1, 0.15) is 5.82 Å². The first-order valence-electron chi connectivity index (χ1n) is 5.29. The summed E-state index contributed by atoms with van der Waals surface area (Å²) in [6.45, 7) is 0.193. The fourth-order valence-corrected chi connectivity index (χ4v) is 2.07. The Morgan fingerprint density at radius 1 is 1.50 bits per heavy atom. The maximum absolute atomic E-state index is 13.7. The number of hydrogen-bond donors (Lipinski definition) is 1. The van der Waals surface area contributed by atoms with Crippen molar-refractivity contribution in [1.29, 1.82) is 0 Å². The van der Waals surface area contributed by atoms with Crippen molar-refractivity contribution in [1.82, 2.24) is 0 Å². The molecule has 0 amide bonds. The van der Waals surface area contributed by atoms with Gasteiger partial charge < -0.3 is 10.5 Å². The third kappa shape index (κ3) is 2.54. The molecule has 88 valence electrons. The molecule has 16 heavy (non-hydrogen) atoms. The van der Waals surface area contributed by atoms with Gasteiger partial charge in [0.15, 0.2) is 0 Å². The molecule has 0 heterocycles. The van der Waals surface area contributed by atoms with Gasteiger partial charge >= 0.3 is 0 Å². The van der Waals surface area contributed by atoms with E-state index in [4.69, 9.17) is 22.1 Å². The number of rotatable bonds is 4. The molecule has 0 bridgehead atoms. The van der Waals surface area contributed by atoms with Gasteiger partial charge in [-0.15, -0.1) is 0 Å². The Hall–Kier alpha value is -0.640. The highest BCUT2D eigenvalue weighted by Crippen LogP contribution is 2.36. The molecule has 0 spiro atoms. The van der Waals surface area contributed by atoms with Gasteiger partial charge in [-0.05, 0) is 37.0 Å². The molecule has 1 saturated carbocycles. The van der Waals surface area contributed by atoms with E-state index in [0.717, 1.165) is 18.4 Å². The van der Waals surface area contributed by atoms with E-state index < -0.39 is 0 Å². The van der Waals surface area contributed by atoms with Crippen LogP contribution in [0.4, 0.5) is 4.39 Å². The lowest BCUT2D eigenvalue weighted by molar-refractivity contribution is 0.181. The third-order valence-electron chi connectivity index (χ3n) is 2.94. The second-order valence-electron chi connectivity index (χ2n) is 4.51. The fraction of sp³-hybridized carbons (Fsp3) is 0.500. The van der Waals surface area contributed by atoms with E-state index in [0.29, 0.717) is 17.0 Å². The zero-order chi connectivity index (χ0) is 11.8. The van der Waals surface area contributed by atoms with E-state index in [2.05, 4.69) is 0 Å². The summed E-state index contributed by atoms with van der Waals surface area (Å²) in [6, 6.07) is 3.29. The van der Waals surface area contributed by atoms with Gasteiger partial charge in [-0.3, -0.25) is 0 Å². The summed E-state index contributed by atoms with van der Waals surface area (Å²) in [7, 11) is 1.52. The standard InChI is InChI=1S/C12H15ClFNO/c1-16-7-9-10(13)4-8(5-11(9)14)6-12(15)2-3-12/h4-5H,2-3,6-7,15H2,1H3. The predicted octanol–water partition coefficient (Wildman–Crippen LogP) is 2.66. The average molecular weight is 244 g/mol. The van der Waals surface area contributed by atoms with E-state index >= 15 is 0 Å². The van der Waals surface area contributed by atoms with E-state index in [-0.39, 0.29) is 18.0 Å². The monoisotopic (exact) mass is 243 g/mol. The van der Waals surface area contributed by atoms with Crippen molar-refractivity contribution in [2.75, 3.05) is 7.11 Å². The summed E-state index contributed by atoms with van der Waals surface area (Å²) >= 11 is 6.00. The quantitative estimate of drug-likeness (QED) is 0.883. The first-order valence-corrected chi connectivity index (χ1v) is 5.66. The molecule has 0 aromatic heterocycles. The molecule has 0 radical (unpaired) electrons. The summed E-state index contributed by atoms with van der Waals surface area (Å²) in [5.41, 5.74) is 7.13. The van der Waals surface area contributed by atoms with Gasteiger partial charge in [0.05, 0.1) is 6.61 Å². The zero-order valence-electron chi connectivity index (χ0n) is 9.22. The van der Waals surface area contributed by atoms with E-state index in [1.807, 2.05) is 0 Å². The van der Waals surface area contributed by atoms with Crippen LogP contribution in [-0.4, -0.2) is 12.6 Å². The van der Waals surface area contributed by atoms with Crippen LogP contribution in [0, 0.1) is 5.82 Å². The van der Waals surface area contributed by atoms with Crippen molar-refractivity contribution in [3.8, 4) is 0 Å². The SMILES string of the molecule is COCc1c(F)cc(CC2(N)CC2)cc1Cl. The first kappa shape index (κ1) is 11.8. The number of ether oxygens (including phenoxy) is 1. The zero-order valence-corrected chi connectivity index (χ0v) is 9.98. The first-order chi connectivity index (χ1) is 7.54. The van der Waals surface area contributed by atoms with E-state index in [1.54, 1.807) is 6.07 Å². The number of nitrogens with two attached hydrogens (primary N) is 1. The molecular formula is C12H15ClFNO. The fourth-order valence-electron chi connectivity index (χ4n) is 1.78. The van der Waals surface area contributed by atoms with Gasteiger partial charge in [-0.1, -0.05) is 11.6 Å². The summed E-state index contributed by atoms with van der Waals surface area (Å²) in [5.74, 6) is -0.311. The molecule has 4 heteroatoms. The molecule has 1 aliphatic carbocycles. The van der Waals surface area contributed by atoms with Crippen LogP contribution in [0.15, 0.2) is 12.1 Å². The van der Waals surface area contributed by atoms with Crippen LogP contribution >= 0.6 is 11.6 Å². The third-order valence-corrected chi connectivity index (χ3v) is 3.28. The molecule has 2 rings (SSSR count). The Labute approximate surface area is 99.5 Å². The minimum atomic E-state index is -0.311. The van der Waals surface area contributed by atoms with Gasteiger partial charge in [0, 0.05) is 23.2 Å². The second kappa shape index (κ2) is 4.32. The van der Waals surface area contributed by atoms with Gasteiger partial charge in [0.2, 0.25) is 0 Å². The lowest BCUT2D eigenvalue weighted by Gasteiger charge is -2.11. The van der Waals surface area contributed by atoms with E-state index in [9.17, 15) is 4.39 Å². The van der Waals surface area contributed by atoms with Crippen molar-refractivity contribution in [2.24, 2.45) is 5.73 Å². The Balaban J connectivity index is 2.22. The van der Waals surface area contributed by atoms with E-state index in [1.165, 1.54) is 13.2 Å². The lowest BCUT2D eigenvalue weighted by Crippen LogP contribution is -2.24. The highest BCUT2D eigenvalue weighted by atomic mass is 35.5.